The van der Waals surface area contributed by atoms with Crippen molar-refractivity contribution < 1.29 is 9.47 Å². The number of halogens is 1. The number of fused-ring (bicyclic) bond motifs is 1. The van der Waals surface area contributed by atoms with Gasteiger partial charge in [-0.1, -0.05) is 29.8 Å². The number of aromatic amines is 1. The van der Waals surface area contributed by atoms with E-state index in [1.165, 1.54) is 11.1 Å². The van der Waals surface area contributed by atoms with Crippen LogP contribution in [0.4, 0.5) is 5.82 Å². The van der Waals surface area contributed by atoms with Crippen molar-refractivity contribution in [2.45, 2.75) is 19.9 Å². The Morgan fingerprint density at radius 1 is 1.11 bits per heavy atom. The van der Waals surface area contributed by atoms with Gasteiger partial charge in [0.1, 0.15) is 23.8 Å². The van der Waals surface area contributed by atoms with Gasteiger partial charge in [0.15, 0.2) is 0 Å². The molecule has 1 fully saturated rings. The van der Waals surface area contributed by atoms with Gasteiger partial charge in [0, 0.05) is 54.9 Å². The van der Waals surface area contributed by atoms with Crippen LogP contribution in [0, 0.1) is 6.92 Å². The Kier molecular flexibility index (Phi) is 7.47. The fourth-order valence-corrected chi connectivity index (χ4v) is 4.38. The number of morpholine rings is 1. The Morgan fingerprint density at radius 3 is 2.74 bits per heavy atom. The third kappa shape index (κ3) is 6.11. The number of benzene rings is 1. The van der Waals surface area contributed by atoms with Crippen molar-refractivity contribution in [3.63, 3.8) is 0 Å². The lowest BCUT2D eigenvalue weighted by atomic mass is 10.0. The predicted octanol–water partition coefficient (Wildman–Crippen LogP) is 4.83. The lowest BCUT2D eigenvalue weighted by Crippen LogP contribution is -2.38. The van der Waals surface area contributed by atoms with E-state index in [1.54, 1.807) is 6.20 Å². The second-order valence-corrected chi connectivity index (χ2v) is 9.22. The van der Waals surface area contributed by atoms with Crippen LogP contribution in [0.2, 0.25) is 5.02 Å². The van der Waals surface area contributed by atoms with E-state index >= 15 is 0 Å². The SMILES string of the molecule is Cc1nc(NCc2ccc(Cl)cc2)ccc1Cc1c[nH]c2ncc(OCCN3CCOCC3)cc12. The molecule has 0 atom stereocenters. The Labute approximate surface area is 210 Å². The minimum absolute atomic E-state index is 0.639. The predicted molar refractivity (Wildman–Crippen MR) is 139 cm³/mol. The molecule has 35 heavy (non-hydrogen) atoms. The summed E-state index contributed by atoms with van der Waals surface area (Å²) in [5.41, 5.74) is 5.39. The molecule has 0 bridgehead atoms. The molecule has 1 saturated heterocycles. The topological polar surface area (TPSA) is 75.3 Å². The summed E-state index contributed by atoms with van der Waals surface area (Å²) in [6.45, 7) is 7.81. The van der Waals surface area contributed by atoms with Gasteiger partial charge in [-0.15, -0.1) is 0 Å². The first-order valence-corrected chi connectivity index (χ1v) is 12.4. The van der Waals surface area contributed by atoms with Crippen molar-refractivity contribution in [2.24, 2.45) is 0 Å². The van der Waals surface area contributed by atoms with Crippen molar-refractivity contribution in [2.75, 3.05) is 44.8 Å². The molecule has 0 unspecified atom stereocenters. The highest BCUT2D eigenvalue weighted by atomic mass is 35.5. The molecule has 4 heterocycles. The highest BCUT2D eigenvalue weighted by Crippen LogP contribution is 2.25. The molecule has 3 aromatic heterocycles. The van der Waals surface area contributed by atoms with E-state index in [9.17, 15) is 0 Å². The molecule has 0 spiro atoms. The normalized spacial score (nSPS) is 14.3. The van der Waals surface area contributed by atoms with E-state index in [2.05, 4.69) is 39.2 Å². The van der Waals surface area contributed by atoms with Gasteiger partial charge in [0.2, 0.25) is 0 Å². The molecule has 5 rings (SSSR count). The van der Waals surface area contributed by atoms with Crippen LogP contribution in [0.15, 0.2) is 54.9 Å². The molecule has 2 N–H and O–H groups in total. The first-order valence-electron chi connectivity index (χ1n) is 12.0. The fourth-order valence-electron chi connectivity index (χ4n) is 4.26. The number of ether oxygens (including phenoxy) is 2. The van der Waals surface area contributed by atoms with Crippen LogP contribution in [0.1, 0.15) is 22.4 Å². The minimum atomic E-state index is 0.639. The molecule has 0 radical (unpaired) electrons. The third-order valence-electron chi connectivity index (χ3n) is 6.33. The maximum absolute atomic E-state index is 6.01. The lowest BCUT2D eigenvalue weighted by molar-refractivity contribution is 0.0322. The first-order chi connectivity index (χ1) is 17.1. The molecule has 0 saturated carbocycles. The zero-order valence-electron chi connectivity index (χ0n) is 19.9. The van der Waals surface area contributed by atoms with Gasteiger partial charge in [-0.05, 0) is 47.9 Å². The summed E-state index contributed by atoms with van der Waals surface area (Å²) in [5.74, 6) is 1.65. The zero-order valence-corrected chi connectivity index (χ0v) is 20.6. The van der Waals surface area contributed by atoms with Crippen LogP contribution in [0.25, 0.3) is 11.0 Å². The lowest BCUT2D eigenvalue weighted by Gasteiger charge is -2.26. The number of hydrogen-bond donors (Lipinski definition) is 2. The summed E-state index contributed by atoms with van der Waals surface area (Å²) < 4.78 is 11.4. The van der Waals surface area contributed by atoms with Gasteiger partial charge in [0.25, 0.3) is 0 Å². The number of pyridine rings is 2. The largest absolute Gasteiger partial charge is 0.491 e. The number of rotatable bonds is 9. The average molecular weight is 492 g/mol. The fraction of sp³-hybridized carbons (Fsp3) is 0.333. The van der Waals surface area contributed by atoms with Crippen LogP contribution in [0.5, 0.6) is 5.75 Å². The highest BCUT2D eigenvalue weighted by molar-refractivity contribution is 6.30. The Hall–Kier alpha value is -3.13. The number of aromatic nitrogens is 3. The molecule has 7 nitrogen and oxygen atoms in total. The number of nitrogens with one attached hydrogen (secondary N) is 2. The van der Waals surface area contributed by atoms with Gasteiger partial charge in [-0.2, -0.15) is 0 Å². The summed E-state index contributed by atoms with van der Waals surface area (Å²) in [7, 11) is 0. The van der Waals surface area contributed by atoms with E-state index in [-0.39, 0.29) is 0 Å². The maximum atomic E-state index is 6.01. The molecule has 0 aliphatic carbocycles. The van der Waals surface area contributed by atoms with Gasteiger partial charge < -0.3 is 19.8 Å². The molecule has 1 aromatic carbocycles. The Balaban J connectivity index is 1.22. The summed E-state index contributed by atoms with van der Waals surface area (Å²) in [4.78, 5) is 15.0. The summed E-state index contributed by atoms with van der Waals surface area (Å²) in [6, 6.07) is 14.1. The van der Waals surface area contributed by atoms with E-state index in [4.69, 9.17) is 26.1 Å². The van der Waals surface area contributed by atoms with Crippen molar-refractivity contribution >= 4 is 28.5 Å². The Bertz CT molecular complexity index is 1270. The van der Waals surface area contributed by atoms with Crippen LogP contribution in [0.3, 0.4) is 0 Å². The number of nitrogens with zero attached hydrogens (tertiary/aromatic N) is 3. The second-order valence-electron chi connectivity index (χ2n) is 8.78. The second kappa shape index (κ2) is 11.1. The number of H-pyrrole nitrogens is 1. The maximum Gasteiger partial charge on any atom is 0.138 e. The smallest absolute Gasteiger partial charge is 0.138 e. The quantitative estimate of drug-likeness (QED) is 0.349. The summed E-state index contributed by atoms with van der Waals surface area (Å²) in [5, 5.41) is 5.21. The van der Waals surface area contributed by atoms with Crippen LogP contribution in [-0.2, 0) is 17.7 Å². The average Bonchev–Trinajstić information content (AvgIpc) is 3.28. The summed E-state index contributed by atoms with van der Waals surface area (Å²) >= 11 is 5.97. The van der Waals surface area contributed by atoms with Crippen molar-refractivity contribution in [1.29, 1.82) is 0 Å². The molecule has 4 aromatic rings. The minimum Gasteiger partial charge on any atom is -0.491 e. The van der Waals surface area contributed by atoms with Crippen molar-refractivity contribution in [3.8, 4) is 5.75 Å². The molecule has 8 heteroatoms. The molecular formula is C27H30ClN5O2. The standard InChI is InChI=1S/C27H30ClN5O2/c1-19-21(4-7-26(32-19)29-16-20-2-5-23(28)6-3-20)14-22-17-30-27-25(22)15-24(18-31-27)35-13-10-33-8-11-34-12-9-33/h2-7,15,17-18H,8-14,16H2,1H3,(H,29,32)(H,30,31). The molecule has 182 valence electrons. The number of anilines is 1. The van der Waals surface area contributed by atoms with Gasteiger partial charge in [-0.3, -0.25) is 4.90 Å². The van der Waals surface area contributed by atoms with E-state index in [0.717, 1.165) is 78.1 Å². The van der Waals surface area contributed by atoms with Crippen LogP contribution >= 0.6 is 11.6 Å². The van der Waals surface area contributed by atoms with E-state index < -0.39 is 0 Å². The van der Waals surface area contributed by atoms with Gasteiger partial charge >= 0.3 is 0 Å². The van der Waals surface area contributed by atoms with E-state index in [1.807, 2.05) is 36.5 Å². The van der Waals surface area contributed by atoms with Crippen molar-refractivity contribution in [3.05, 3.63) is 82.3 Å². The molecule has 1 aliphatic heterocycles. The van der Waals surface area contributed by atoms with Gasteiger partial charge in [-0.25, -0.2) is 9.97 Å². The van der Waals surface area contributed by atoms with Crippen LogP contribution in [-0.4, -0.2) is 59.3 Å². The summed E-state index contributed by atoms with van der Waals surface area (Å²) in [6.07, 6.45) is 4.59. The molecule has 0 amide bonds. The molecular weight excluding hydrogens is 462 g/mol. The van der Waals surface area contributed by atoms with E-state index in [0.29, 0.717) is 13.2 Å². The molecule has 1 aliphatic rings. The van der Waals surface area contributed by atoms with Crippen molar-refractivity contribution in [1.82, 2.24) is 19.9 Å². The zero-order chi connectivity index (χ0) is 24.0. The monoisotopic (exact) mass is 491 g/mol. The highest BCUT2D eigenvalue weighted by Gasteiger charge is 2.12. The Morgan fingerprint density at radius 2 is 1.94 bits per heavy atom. The number of aryl methyl sites for hydroxylation is 1. The number of hydrogen-bond acceptors (Lipinski definition) is 6. The first kappa shape index (κ1) is 23.6. The van der Waals surface area contributed by atoms with Crippen LogP contribution < -0.4 is 10.1 Å². The van der Waals surface area contributed by atoms with Gasteiger partial charge in [0.05, 0.1) is 19.4 Å². The third-order valence-corrected chi connectivity index (χ3v) is 6.59.